The molecule has 1 aliphatic rings. The highest BCUT2D eigenvalue weighted by molar-refractivity contribution is 5.76. The molecule has 0 spiro atoms. The minimum Gasteiger partial charge on any atom is -0.378 e. The van der Waals surface area contributed by atoms with Crippen molar-refractivity contribution in [3.8, 4) is 0 Å². The van der Waals surface area contributed by atoms with Crippen LogP contribution in [0.5, 0.6) is 0 Å². The van der Waals surface area contributed by atoms with Gasteiger partial charge in [0, 0.05) is 12.5 Å². The third kappa shape index (κ3) is 3.35. The van der Waals surface area contributed by atoms with Crippen LogP contribution in [0.4, 0.5) is 0 Å². The summed E-state index contributed by atoms with van der Waals surface area (Å²) < 4.78 is 5.61. The lowest BCUT2D eigenvalue weighted by atomic mass is 9.87. The fraction of sp³-hybridized carbons (Fsp3) is 0.900. The average Bonchev–Trinajstić information content (AvgIpc) is 2.15. The summed E-state index contributed by atoms with van der Waals surface area (Å²) in [5.41, 5.74) is 5.23. The number of nitrogens with two attached hydrogens (primary N) is 1. The standard InChI is InChI=1S/C10H19NO2/c1-2-7-13-9-5-3-8(4-6-9)10(11)12/h8-9H,2-7H2,1H3,(H2,11,12). The Labute approximate surface area is 79.6 Å². The van der Waals surface area contributed by atoms with E-state index in [0.29, 0.717) is 6.10 Å². The number of hydrogen-bond acceptors (Lipinski definition) is 2. The van der Waals surface area contributed by atoms with E-state index in [1.54, 1.807) is 0 Å². The molecule has 3 heteroatoms. The van der Waals surface area contributed by atoms with Gasteiger partial charge in [0.05, 0.1) is 6.10 Å². The molecule has 0 aromatic heterocycles. The van der Waals surface area contributed by atoms with Crippen LogP contribution in [0.1, 0.15) is 39.0 Å². The van der Waals surface area contributed by atoms with Gasteiger partial charge in [-0.25, -0.2) is 0 Å². The zero-order valence-corrected chi connectivity index (χ0v) is 8.29. The minimum atomic E-state index is -0.144. The van der Waals surface area contributed by atoms with E-state index in [2.05, 4.69) is 6.92 Å². The summed E-state index contributed by atoms with van der Waals surface area (Å²) >= 11 is 0. The molecular formula is C10H19NO2. The molecule has 2 N–H and O–H groups in total. The monoisotopic (exact) mass is 185 g/mol. The second-order valence-corrected chi connectivity index (χ2v) is 3.75. The fourth-order valence-electron chi connectivity index (χ4n) is 1.80. The highest BCUT2D eigenvalue weighted by atomic mass is 16.5. The van der Waals surface area contributed by atoms with Crippen LogP contribution in [0.25, 0.3) is 0 Å². The number of carbonyl (C=O) groups is 1. The maximum atomic E-state index is 10.9. The van der Waals surface area contributed by atoms with Gasteiger partial charge >= 0.3 is 0 Å². The van der Waals surface area contributed by atoms with E-state index >= 15 is 0 Å². The Morgan fingerprint density at radius 3 is 2.46 bits per heavy atom. The van der Waals surface area contributed by atoms with Crippen LogP contribution in [0.3, 0.4) is 0 Å². The van der Waals surface area contributed by atoms with E-state index in [-0.39, 0.29) is 11.8 Å². The van der Waals surface area contributed by atoms with Crippen molar-refractivity contribution in [2.24, 2.45) is 11.7 Å². The summed E-state index contributed by atoms with van der Waals surface area (Å²) in [6.45, 7) is 2.95. The zero-order chi connectivity index (χ0) is 9.68. The van der Waals surface area contributed by atoms with Crippen molar-refractivity contribution in [1.82, 2.24) is 0 Å². The molecule has 0 aromatic carbocycles. The first-order valence-corrected chi connectivity index (χ1v) is 5.15. The molecule has 1 amide bonds. The van der Waals surface area contributed by atoms with Crippen molar-refractivity contribution in [3.05, 3.63) is 0 Å². The van der Waals surface area contributed by atoms with Gasteiger partial charge in [0.25, 0.3) is 0 Å². The summed E-state index contributed by atoms with van der Waals surface area (Å²) in [6.07, 6.45) is 5.24. The van der Waals surface area contributed by atoms with Gasteiger partial charge in [-0.3, -0.25) is 4.79 Å². The van der Waals surface area contributed by atoms with Crippen molar-refractivity contribution >= 4 is 5.91 Å². The third-order valence-electron chi connectivity index (χ3n) is 2.63. The molecule has 0 unspecified atom stereocenters. The Kier molecular flexibility index (Phi) is 4.22. The molecule has 0 atom stereocenters. The molecule has 0 heterocycles. The van der Waals surface area contributed by atoms with Gasteiger partial charge in [0.2, 0.25) is 5.91 Å². The number of amides is 1. The number of carbonyl (C=O) groups excluding carboxylic acids is 1. The van der Waals surface area contributed by atoms with Crippen LogP contribution in [0.15, 0.2) is 0 Å². The van der Waals surface area contributed by atoms with Crippen LogP contribution < -0.4 is 5.73 Å². The Morgan fingerprint density at radius 2 is 2.00 bits per heavy atom. The van der Waals surface area contributed by atoms with Crippen LogP contribution >= 0.6 is 0 Å². The maximum Gasteiger partial charge on any atom is 0.220 e. The van der Waals surface area contributed by atoms with E-state index < -0.39 is 0 Å². The molecule has 3 nitrogen and oxygen atoms in total. The smallest absolute Gasteiger partial charge is 0.220 e. The van der Waals surface area contributed by atoms with Gasteiger partial charge in [-0.1, -0.05) is 6.92 Å². The Morgan fingerprint density at radius 1 is 1.38 bits per heavy atom. The zero-order valence-electron chi connectivity index (χ0n) is 8.29. The normalized spacial score (nSPS) is 28.7. The van der Waals surface area contributed by atoms with Gasteiger partial charge in [0.15, 0.2) is 0 Å². The predicted molar refractivity (Wildman–Crippen MR) is 51.2 cm³/mol. The van der Waals surface area contributed by atoms with Crippen LogP contribution in [0, 0.1) is 5.92 Å². The molecule has 1 saturated carbocycles. The molecule has 1 rings (SSSR count). The molecule has 0 bridgehead atoms. The average molecular weight is 185 g/mol. The largest absolute Gasteiger partial charge is 0.378 e. The van der Waals surface area contributed by atoms with Crippen molar-refractivity contribution in [2.45, 2.75) is 45.1 Å². The SMILES string of the molecule is CCCOC1CCC(C(N)=O)CC1. The van der Waals surface area contributed by atoms with Gasteiger partial charge in [-0.15, -0.1) is 0 Å². The lowest BCUT2D eigenvalue weighted by Gasteiger charge is -2.26. The first-order chi connectivity index (χ1) is 6.24. The second kappa shape index (κ2) is 5.22. The minimum absolute atomic E-state index is 0.0986. The molecule has 0 aliphatic heterocycles. The molecule has 0 aromatic rings. The lowest BCUT2D eigenvalue weighted by Crippen LogP contribution is -2.30. The molecule has 13 heavy (non-hydrogen) atoms. The number of primary amides is 1. The van der Waals surface area contributed by atoms with Gasteiger partial charge in [-0.05, 0) is 32.1 Å². The predicted octanol–water partition coefficient (Wildman–Crippen LogP) is 1.46. The fourth-order valence-corrected chi connectivity index (χ4v) is 1.80. The molecule has 0 radical (unpaired) electrons. The van der Waals surface area contributed by atoms with Gasteiger partial charge < -0.3 is 10.5 Å². The highest BCUT2D eigenvalue weighted by Crippen LogP contribution is 2.25. The van der Waals surface area contributed by atoms with E-state index in [4.69, 9.17) is 10.5 Å². The first-order valence-electron chi connectivity index (χ1n) is 5.15. The number of rotatable bonds is 4. The Balaban J connectivity index is 2.18. The Hall–Kier alpha value is -0.570. The van der Waals surface area contributed by atoms with E-state index in [9.17, 15) is 4.79 Å². The molecule has 1 aliphatic carbocycles. The number of hydrogen-bond donors (Lipinski definition) is 1. The molecule has 1 fully saturated rings. The summed E-state index contributed by atoms with van der Waals surface area (Å²) in [4.78, 5) is 10.9. The lowest BCUT2D eigenvalue weighted by molar-refractivity contribution is -0.123. The van der Waals surface area contributed by atoms with Gasteiger partial charge in [0.1, 0.15) is 0 Å². The van der Waals surface area contributed by atoms with Crippen LogP contribution in [0.2, 0.25) is 0 Å². The van der Waals surface area contributed by atoms with Crippen molar-refractivity contribution in [3.63, 3.8) is 0 Å². The van der Waals surface area contributed by atoms with Crippen LogP contribution in [-0.2, 0) is 9.53 Å². The highest BCUT2D eigenvalue weighted by Gasteiger charge is 2.24. The van der Waals surface area contributed by atoms with Crippen LogP contribution in [-0.4, -0.2) is 18.6 Å². The Bertz CT molecular complexity index is 162. The van der Waals surface area contributed by atoms with Crippen molar-refractivity contribution in [1.29, 1.82) is 0 Å². The molecule has 76 valence electrons. The summed E-state index contributed by atoms with van der Waals surface area (Å²) in [7, 11) is 0. The van der Waals surface area contributed by atoms with E-state index in [1.807, 2.05) is 0 Å². The van der Waals surface area contributed by atoms with Gasteiger partial charge in [-0.2, -0.15) is 0 Å². The quantitative estimate of drug-likeness (QED) is 0.720. The van der Waals surface area contributed by atoms with E-state index in [0.717, 1.165) is 38.7 Å². The molecule has 0 saturated heterocycles. The number of ether oxygens (including phenoxy) is 1. The second-order valence-electron chi connectivity index (χ2n) is 3.75. The van der Waals surface area contributed by atoms with Crippen molar-refractivity contribution < 1.29 is 9.53 Å². The third-order valence-corrected chi connectivity index (χ3v) is 2.63. The topological polar surface area (TPSA) is 52.3 Å². The summed E-state index contributed by atoms with van der Waals surface area (Å²) in [6, 6.07) is 0. The maximum absolute atomic E-state index is 10.9. The molecular weight excluding hydrogens is 166 g/mol. The summed E-state index contributed by atoms with van der Waals surface area (Å²) in [5.74, 6) is -0.0459. The van der Waals surface area contributed by atoms with E-state index in [1.165, 1.54) is 0 Å². The summed E-state index contributed by atoms with van der Waals surface area (Å²) in [5, 5.41) is 0. The van der Waals surface area contributed by atoms with Crippen molar-refractivity contribution in [2.75, 3.05) is 6.61 Å². The first kappa shape index (κ1) is 10.5.